The smallest absolute Gasteiger partial charge is 0.342 e. The second kappa shape index (κ2) is 16.9. The number of nitrogens with two attached hydrogens (primary N) is 1. The predicted molar refractivity (Wildman–Crippen MR) is 145 cm³/mol. The summed E-state index contributed by atoms with van der Waals surface area (Å²) >= 11 is 2.23. The van der Waals surface area contributed by atoms with E-state index in [0.29, 0.717) is 37.5 Å². The molecule has 33 heavy (non-hydrogen) atoms. The van der Waals surface area contributed by atoms with E-state index in [2.05, 4.69) is 41.1 Å². The van der Waals surface area contributed by atoms with Gasteiger partial charge in [0.2, 0.25) is 0 Å². The molecule has 0 amide bonds. The third kappa shape index (κ3) is 9.90. The number of esters is 1. The van der Waals surface area contributed by atoms with Crippen LogP contribution in [-0.2, 0) is 28.6 Å². The SMILES string of the molecule is CCOOP(C)CC.COC1=C(C/C=C(\C)CN)C(OCCSI)=C2C(=O)OCC2=CC1C. The highest BCUT2D eigenvalue weighted by Crippen LogP contribution is 2.38. The molecular weight excluding hydrogens is 576 g/mol. The monoisotopic (exact) mass is 613 g/mol. The molecule has 0 aromatic carbocycles. The van der Waals surface area contributed by atoms with Crippen molar-refractivity contribution in [2.45, 2.75) is 34.1 Å². The minimum atomic E-state index is -0.329. The molecule has 188 valence electrons. The van der Waals surface area contributed by atoms with Gasteiger partial charge in [-0.2, -0.15) is 0 Å². The van der Waals surface area contributed by atoms with Crippen molar-refractivity contribution in [3.8, 4) is 0 Å². The van der Waals surface area contributed by atoms with Crippen molar-refractivity contribution in [2.75, 3.05) is 52.1 Å². The summed E-state index contributed by atoms with van der Waals surface area (Å²) in [5, 5.41) is 0. The Hall–Kier alpha value is -0.580. The van der Waals surface area contributed by atoms with Crippen molar-refractivity contribution in [2.24, 2.45) is 11.7 Å². The quantitative estimate of drug-likeness (QED) is 0.0573. The van der Waals surface area contributed by atoms with Gasteiger partial charge in [0.05, 0.1) is 28.5 Å². The predicted octanol–water partition coefficient (Wildman–Crippen LogP) is 5.67. The molecule has 0 saturated carbocycles. The van der Waals surface area contributed by atoms with Crippen LogP contribution in [0, 0.1) is 5.92 Å². The van der Waals surface area contributed by atoms with Crippen LogP contribution in [0.5, 0.6) is 0 Å². The van der Waals surface area contributed by atoms with E-state index in [1.54, 1.807) is 16.0 Å². The lowest BCUT2D eigenvalue weighted by atomic mass is 10.00. The topological polar surface area (TPSA) is 89.2 Å². The van der Waals surface area contributed by atoms with E-state index in [4.69, 9.17) is 29.5 Å². The van der Waals surface area contributed by atoms with Crippen molar-refractivity contribution < 1.29 is 28.6 Å². The van der Waals surface area contributed by atoms with E-state index in [0.717, 1.165) is 34.4 Å². The van der Waals surface area contributed by atoms with Gasteiger partial charge in [-0.3, -0.25) is 0 Å². The van der Waals surface area contributed by atoms with E-state index in [-0.39, 0.29) is 26.6 Å². The highest BCUT2D eigenvalue weighted by molar-refractivity contribution is 14.2. The van der Waals surface area contributed by atoms with Gasteiger partial charge in [0.15, 0.2) is 0 Å². The molecule has 0 radical (unpaired) electrons. The Morgan fingerprint density at radius 1 is 1.42 bits per heavy atom. The summed E-state index contributed by atoms with van der Waals surface area (Å²) in [6.45, 7) is 12.0. The molecule has 2 unspecified atom stereocenters. The van der Waals surface area contributed by atoms with Crippen LogP contribution in [0.2, 0.25) is 0 Å². The van der Waals surface area contributed by atoms with Crippen molar-refractivity contribution in [1.29, 1.82) is 0 Å². The maximum absolute atomic E-state index is 12.3. The fourth-order valence-electron chi connectivity index (χ4n) is 3.10. The van der Waals surface area contributed by atoms with Gasteiger partial charge in [0, 0.05) is 29.4 Å². The zero-order valence-electron chi connectivity index (χ0n) is 20.4. The fraction of sp³-hybridized carbons (Fsp3) is 0.609. The lowest BCUT2D eigenvalue weighted by Crippen LogP contribution is -2.11. The van der Waals surface area contributed by atoms with Crippen LogP contribution >= 0.6 is 38.3 Å². The Labute approximate surface area is 215 Å². The molecule has 0 spiro atoms. The van der Waals surface area contributed by atoms with Crippen molar-refractivity contribution in [3.05, 3.63) is 46.0 Å². The number of hydrogen-bond acceptors (Lipinski definition) is 8. The molecule has 1 aliphatic heterocycles. The second-order valence-corrected chi connectivity index (χ2v) is 11.9. The van der Waals surface area contributed by atoms with Crippen LogP contribution in [0.4, 0.5) is 0 Å². The maximum Gasteiger partial charge on any atom is 0.342 e. The van der Waals surface area contributed by atoms with Crippen LogP contribution in [0.15, 0.2) is 46.0 Å². The standard InChI is InChI=1S/C18H24INO4S.C5H13O2P/c1-11(9-20)4-5-14-16(22-3)12(2)8-13-10-24-18(21)15(13)17(14)23-6-7-25-19;1-4-6-7-8(3)5-2/h4,8,12H,5-7,9-10,20H2,1-3H3;4-5H2,1-3H3/b11-4+;. The summed E-state index contributed by atoms with van der Waals surface area (Å²) in [6, 6.07) is 0. The van der Waals surface area contributed by atoms with Crippen molar-refractivity contribution in [3.63, 3.8) is 0 Å². The molecule has 2 N–H and O–H groups in total. The Bertz CT molecular complexity index is 768. The normalized spacial score (nSPS) is 19.3. The summed E-state index contributed by atoms with van der Waals surface area (Å²) in [6.07, 6.45) is 5.75. The molecule has 2 atom stereocenters. The molecule has 2 aliphatic rings. The van der Waals surface area contributed by atoms with E-state index >= 15 is 0 Å². The van der Waals surface area contributed by atoms with Gasteiger partial charge < -0.3 is 19.9 Å². The number of fused-ring (bicyclic) bond motifs is 1. The Balaban J connectivity index is 0.000000582. The van der Waals surface area contributed by atoms with Gasteiger partial charge in [-0.1, -0.05) is 40.5 Å². The molecule has 0 aromatic heterocycles. The summed E-state index contributed by atoms with van der Waals surface area (Å²) < 4.78 is 21.9. The van der Waals surface area contributed by atoms with Crippen LogP contribution in [-0.4, -0.2) is 58.0 Å². The first-order valence-corrected chi connectivity index (χ1v) is 16.4. The average molecular weight is 613 g/mol. The van der Waals surface area contributed by atoms with E-state index in [9.17, 15) is 4.79 Å². The highest BCUT2D eigenvalue weighted by Gasteiger charge is 2.35. The number of carbonyl (C=O) groups excluding carboxylic acids is 1. The van der Waals surface area contributed by atoms with Gasteiger partial charge in [0.25, 0.3) is 0 Å². The van der Waals surface area contributed by atoms with Gasteiger partial charge in [-0.25, -0.2) is 14.4 Å². The van der Waals surface area contributed by atoms with Gasteiger partial charge in [0.1, 0.15) is 23.7 Å². The first-order chi connectivity index (χ1) is 15.8. The highest BCUT2D eigenvalue weighted by atomic mass is 127. The molecule has 7 nitrogen and oxygen atoms in total. The van der Waals surface area contributed by atoms with Crippen LogP contribution in [0.3, 0.4) is 0 Å². The Morgan fingerprint density at radius 2 is 2.15 bits per heavy atom. The largest absolute Gasteiger partial charge is 0.500 e. The number of cyclic esters (lactones) is 1. The summed E-state index contributed by atoms with van der Waals surface area (Å²) in [5.41, 5.74) is 9.08. The number of rotatable bonds is 12. The second-order valence-electron chi connectivity index (χ2n) is 7.35. The van der Waals surface area contributed by atoms with Crippen molar-refractivity contribution in [1.82, 2.24) is 0 Å². The summed E-state index contributed by atoms with van der Waals surface area (Å²) in [5.74, 6) is 1.94. The number of allylic oxidation sites excluding steroid dienone is 3. The molecule has 1 fully saturated rings. The maximum atomic E-state index is 12.3. The third-order valence-electron chi connectivity index (χ3n) is 4.89. The number of methoxy groups -OCH3 is 1. The number of halogens is 1. The molecule has 10 heteroatoms. The minimum absolute atomic E-state index is 0.0335. The summed E-state index contributed by atoms with van der Waals surface area (Å²) in [7, 11) is 3.02. The summed E-state index contributed by atoms with van der Waals surface area (Å²) in [4.78, 5) is 17.1. The van der Waals surface area contributed by atoms with Gasteiger partial charge in [-0.05, 0) is 54.3 Å². The number of ether oxygens (including phenoxy) is 3. The van der Waals surface area contributed by atoms with Crippen molar-refractivity contribution >= 4 is 44.3 Å². The Morgan fingerprint density at radius 3 is 2.73 bits per heavy atom. The average Bonchev–Trinajstić information content (AvgIpc) is 3.12. The fourth-order valence-corrected chi connectivity index (χ4v) is 4.17. The van der Waals surface area contributed by atoms with Gasteiger partial charge >= 0.3 is 5.97 Å². The number of carbonyl (C=O) groups is 1. The Kier molecular flexibility index (Phi) is 15.6. The van der Waals surface area contributed by atoms with Crippen LogP contribution in [0.1, 0.15) is 34.1 Å². The first kappa shape index (κ1) is 30.5. The van der Waals surface area contributed by atoms with E-state index in [1.807, 2.05) is 26.6 Å². The number of hydrogen-bond donors (Lipinski definition) is 1. The van der Waals surface area contributed by atoms with Crippen LogP contribution in [0.25, 0.3) is 0 Å². The molecule has 2 rings (SSSR count). The third-order valence-corrected chi connectivity index (χ3v) is 7.79. The lowest BCUT2D eigenvalue weighted by molar-refractivity contribution is -0.194. The van der Waals surface area contributed by atoms with Crippen LogP contribution < -0.4 is 5.73 Å². The first-order valence-electron chi connectivity index (χ1n) is 11.0. The molecule has 0 bridgehead atoms. The molecule has 0 aromatic rings. The van der Waals surface area contributed by atoms with Gasteiger partial charge in [-0.15, -0.1) is 0 Å². The van der Waals surface area contributed by atoms with E-state index < -0.39 is 0 Å². The molecule has 1 aliphatic carbocycles. The molecule has 1 saturated heterocycles. The molecule has 1 heterocycles. The zero-order chi connectivity index (χ0) is 24.8. The minimum Gasteiger partial charge on any atom is -0.500 e. The van der Waals surface area contributed by atoms with E-state index in [1.165, 1.54) is 0 Å². The molecular formula is C23H37INO6PS. The lowest BCUT2D eigenvalue weighted by Gasteiger charge is -2.19. The zero-order valence-corrected chi connectivity index (χ0v) is 24.3.